The zero-order valence-corrected chi connectivity index (χ0v) is 12.5. The normalized spacial score (nSPS) is 11.4. The summed E-state index contributed by atoms with van der Waals surface area (Å²) < 4.78 is 32.2. The predicted molar refractivity (Wildman–Crippen MR) is 80.1 cm³/mol. The molecule has 1 aromatic heterocycles. The van der Waals surface area contributed by atoms with Gasteiger partial charge in [-0.15, -0.1) is 0 Å². The second-order valence-corrected chi connectivity index (χ2v) is 6.37. The molecule has 0 aliphatic heterocycles. The molecule has 0 radical (unpaired) electrons. The molecule has 2 N–H and O–H groups in total. The molecule has 1 heterocycles. The Morgan fingerprint density at radius 3 is 2.29 bits per heavy atom. The predicted octanol–water partition coefficient (Wildman–Crippen LogP) is 1.96. The lowest BCUT2D eigenvalue weighted by Crippen LogP contribution is -2.14. The van der Waals surface area contributed by atoms with Gasteiger partial charge in [0.2, 0.25) is 5.56 Å². The van der Waals surface area contributed by atoms with Crippen LogP contribution in [0.25, 0.3) is 0 Å². The third-order valence-electron chi connectivity index (χ3n) is 2.54. The van der Waals surface area contributed by atoms with Crippen LogP contribution in [0.15, 0.2) is 52.3 Å². The standard InChI is InChI=1S/C14H16N2O4S/c1-10(2)20-12-4-6-13(7-5-12)21(18,19)16-11-3-8-14(17)15-9-11/h3-10,16H,1-2H3,(H,15,17). The molecule has 2 aromatic rings. The summed E-state index contributed by atoms with van der Waals surface area (Å²) in [5, 5.41) is 0. The fraction of sp³-hybridized carbons (Fsp3) is 0.214. The number of pyridine rings is 1. The van der Waals surface area contributed by atoms with Crippen molar-refractivity contribution < 1.29 is 13.2 Å². The Kier molecular flexibility index (Phi) is 4.32. The van der Waals surface area contributed by atoms with Crippen molar-refractivity contribution in [3.63, 3.8) is 0 Å². The summed E-state index contributed by atoms with van der Waals surface area (Å²) in [6, 6.07) is 8.77. The highest BCUT2D eigenvalue weighted by Crippen LogP contribution is 2.19. The molecule has 1 aromatic carbocycles. The average Bonchev–Trinajstić information content (AvgIpc) is 2.41. The van der Waals surface area contributed by atoms with Gasteiger partial charge in [-0.1, -0.05) is 0 Å². The highest BCUT2D eigenvalue weighted by atomic mass is 32.2. The number of aromatic nitrogens is 1. The summed E-state index contributed by atoms with van der Waals surface area (Å²) in [6.45, 7) is 3.78. The van der Waals surface area contributed by atoms with Crippen molar-refractivity contribution in [3.05, 3.63) is 52.9 Å². The maximum Gasteiger partial charge on any atom is 0.261 e. The van der Waals surface area contributed by atoms with Crippen LogP contribution in [0.1, 0.15) is 13.8 Å². The van der Waals surface area contributed by atoms with Gasteiger partial charge < -0.3 is 9.72 Å². The molecule has 0 aliphatic carbocycles. The van der Waals surface area contributed by atoms with Gasteiger partial charge in [0.1, 0.15) is 5.75 Å². The van der Waals surface area contributed by atoms with Crippen LogP contribution in [-0.4, -0.2) is 19.5 Å². The van der Waals surface area contributed by atoms with Crippen molar-refractivity contribution >= 4 is 15.7 Å². The molecule has 0 saturated heterocycles. The molecule has 0 unspecified atom stereocenters. The number of rotatable bonds is 5. The molecule has 0 fully saturated rings. The number of hydrogen-bond acceptors (Lipinski definition) is 4. The Bertz CT molecular complexity index is 744. The zero-order valence-electron chi connectivity index (χ0n) is 11.7. The van der Waals surface area contributed by atoms with E-state index in [0.29, 0.717) is 5.75 Å². The minimum absolute atomic E-state index is 0.0201. The van der Waals surface area contributed by atoms with E-state index in [1.54, 1.807) is 12.1 Å². The Labute approximate surface area is 122 Å². The summed E-state index contributed by atoms with van der Waals surface area (Å²) in [5.41, 5.74) is -0.00904. The quantitative estimate of drug-likeness (QED) is 0.884. The Morgan fingerprint density at radius 1 is 1.10 bits per heavy atom. The van der Waals surface area contributed by atoms with E-state index in [0.717, 1.165) is 0 Å². The highest BCUT2D eigenvalue weighted by Gasteiger charge is 2.14. The molecular weight excluding hydrogens is 292 g/mol. The average molecular weight is 308 g/mol. The van der Waals surface area contributed by atoms with E-state index in [1.165, 1.54) is 30.5 Å². The minimum atomic E-state index is -3.70. The fourth-order valence-corrected chi connectivity index (χ4v) is 2.71. The summed E-state index contributed by atoms with van der Waals surface area (Å²) in [7, 11) is -3.70. The SMILES string of the molecule is CC(C)Oc1ccc(S(=O)(=O)Nc2ccc(=O)[nH]c2)cc1. The summed E-state index contributed by atoms with van der Waals surface area (Å²) in [5.74, 6) is 0.605. The van der Waals surface area contributed by atoms with E-state index >= 15 is 0 Å². The number of aromatic amines is 1. The van der Waals surface area contributed by atoms with Crippen LogP contribution < -0.4 is 15.0 Å². The number of hydrogen-bond donors (Lipinski definition) is 2. The van der Waals surface area contributed by atoms with Gasteiger partial charge in [-0.2, -0.15) is 0 Å². The third-order valence-corrected chi connectivity index (χ3v) is 3.94. The van der Waals surface area contributed by atoms with Crippen molar-refractivity contribution in [2.75, 3.05) is 4.72 Å². The van der Waals surface area contributed by atoms with Gasteiger partial charge in [-0.3, -0.25) is 9.52 Å². The van der Waals surface area contributed by atoms with Crippen molar-refractivity contribution in [2.45, 2.75) is 24.8 Å². The zero-order chi connectivity index (χ0) is 15.5. The Balaban J connectivity index is 2.19. The maximum atomic E-state index is 12.2. The first-order valence-electron chi connectivity index (χ1n) is 6.35. The largest absolute Gasteiger partial charge is 0.491 e. The minimum Gasteiger partial charge on any atom is -0.491 e. The van der Waals surface area contributed by atoms with Crippen LogP contribution in [0.4, 0.5) is 5.69 Å². The second-order valence-electron chi connectivity index (χ2n) is 4.69. The molecule has 7 heteroatoms. The second kappa shape index (κ2) is 6.01. The lowest BCUT2D eigenvalue weighted by atomic mass is 10.3. The molecule has 0 saturated carbocycles. The monoisotopic (exact) mass is 308 g/mol. The summed E-state index contributed by atoms with van der Waals surface area (Å²) >= 11 is 0. The first-order chi connectivity index (χ1) is 9.87. The van der Waals surface area contributed by atoms with Gasteiger partial charge in [0, 0.05) is 12.3 Å². The van der Waals surface area contributed by atoms with Crippen LogP contribution >= 0.6 is 0 Å². The molecule has 0 amide bonds. The number of anilines is 1. The first kappa shape index (κ1) is 15.1. The van der Waals surface area contributed by atoms with Gasteiger partial charge >= 0.3 is 0 Å². The van der Waals surface area contributed by atoms with Crippen LogP contribution in [0.5, 0.6) is 5.75 Å². The van der Waals surface area contributed by atoms with Crippen molar-refractivity contribution in [1.82, 2.24) is 4.98 Å². The number of H-pyrrole nitrogens is 1. The van der Waals surface area contributed by atoms with E-state index in [4.69, 9.17) is 4.74 Å². The van der Waals surface area contributed by atoms with Gasteiger partial charge in [0.25, 0.3) is 10.0 Å². The van der Waals surface area contributed by atoms with E-state index in [-0.39, 0.29) is 22.2 Å². The van der Waals surface area contributed by atoms with E-state index in [9.17, 15) is 13.2 Å². The molecule has 112 valence electrons. The molecule has 21 heavy (non-hydrogen) atoms. The third kappa shape index (κ3) is 4.09. The topological polar surface area (TPSA) is 88.3 Å². The summed E-state index contributed by atoms with van der Waals surface area (Å²) in [4.78, 5) is 13.5. The van der Waals surface area contributed by atoms with Crippen LogP contribution in [0, 0.1) is 0 Å². The molecular formula is C14H16N2O4S. The molecule has 0 atom stereocenters. The lowest BCUT2D eigenvalue weighted by molar-refractivity contribution is 0.242. The number of ether oxygens (including phenoxy) is 1. The van der Waals surface area contributed by atoms with Crippen molar-refractivity contribution in [1.29, 1.82) is 0 Å². The number of nitrogens with one attached hydrogen (secondary N) is 2. The number of sulfonamides is 1. The lowest BCUT2D eigenvalue weighted by Gasteiger charge is -2.11. The number of benzene rings is 1. The van der Waals surface area contributed by atoms with Crippen LogP contribution in [0.2, 0.25) is 0 Å². The molecule has 6 nitrogen and oxygen atoms in total. The van der Waals surface area contributed by atoms with Gasteiger partial charge in [-0.25, -0.2) is 8.42 Å². The smallest absolute Gasteiger partial charge is 0.261 e. The maximum absolute atomic E-state index is 12.2. The van der Waals surface area contributed by atoms with Gasteiger partial charge in [-0.05, 0) is 44.2 Å². The molecule has 2 rings (SSSR count). The highest BCUT2D eigenvalue weighted by molar-refractivity contribution is 7.92. The molecule has 0 bridgehead atoms. The molecule has 0 aliphatic rings. The summed E-state index contributed by atoms with van der Waals surface area (Å²) in [6.07, 6.45) is 1.32. The van der Waals surface area contributed by atoms with Crippen molar-refractivity contribution in [2.24, 2.45) is 0 Å². The first-order valence-corrected chi connectivity index (χ1v) is 7.83. The van der Waals surface area contributed by atoms with Crippen molar-refractivity contribution in [3.8, 4) is 5.75 Å². The van der Waals surface area contributed by atoms with Crippen LogP contribution in [0.3, 0.4) is 0 Å². The molecule has 0 spiro atoms. The van der Waals surface area contributed by atoms with E-state index in [1.807, 2.05) is 13.8 Å². The fourth-order valence-electron chi connectivity index (χ4n) is 1.66. The van der Waals surface area contributed by atoms with E-state index in [2.05, 4.69) is 9.71 Å². The van der Waals surface area contributed by atoms with E-state index < -0.39 is 10.0 Å². The van der Waals surface area contributed by atoms with Gasteiger partial charge in [0.15, 0.2) is 0 Å². The Morgan fingerprint density at radius 2 is 1.76 bits per heavy atom. The Hall–Kier alpha value is -2.28. The van der Waals surface area contributed by atoms with Crippen LogP contribution in [-0.2, 0) is 10.0 Å². The van der Waals surface area contributed by atoms with Gasteiger partial charge in [0.05, 0.1) is 16.7 Å².